The third-order valence-electron chi connectivity index (χ3n) is 5.66. The van der Waals surface area contributed by atoms with Crippen LogP contribution in [-0.4, -0.2) is 16.8 Å². The zero-order valence-electron chi connectivity index (χ0n) is 17.9. The van der Waals surface area contributed by atoms with Gasteiger partial charge in [-0.1, -0.05) is 54.2 Å². The number of hydrogen-bond acceptors (Lipinski definition) is 3. The summed E-state index contributed by atoms with van der Waals surface area (Å²) < 4.78 is 0. The van der Waals surface area contributed by atoms with Gasteiger partial charge in [0, 0.05) is 35.9 Å². The second kappa shape index (κ2) is 8.37. The molecule has 0 atom stereocenters. The molecule has 1 aliphatic rings. The third kappa shape index (κ3) is 3.66. The summed E-state index contributed by atoms with van der Waals surface area (Å²) in [7, 11) is 0. The molecule has 0 spiro atoms. The number of halogens is 1. The molecule has 3 aromatic carbocycles. The van der Waals surface area contributed by atoms with Gasteiger partial charge in [-0.05, 0) is 59.5 Å². The normalized spacial score (nSPS) is 13.8. The largest absolute Gasteiger partial charge is 0.348 e. The highest BCUT2D eigenvalue weighted by atomic mass is 35.5. The van der Waals surface area contributed by atoms with Crippen molar-refractivity contribution in [2.45, 2.75) is 26.2 Å². The average molecular weight is 464 g/mol. The average Bonchev–Trinajstić information content (AvgIpc) is 3.04. The molecular formula is C25H22ClN3O2S. The second-order valence-corrected chi connectivity index (χ2v) is 8.63. The van der Waals surface area contributed by atoms with Crippen LogP contribution in [-0.2, 0) is 15.0 Å². The Morgan fingerprint density at radius 3 is 1.75 bits per heavy atom. The molecule has 2 amide bonds. The van der Waals surface area contributed by atoms with E-state index in [0.29, 0.717) is 21.4 Å². The Morgan fingerprint density at radius 1 is 0.844 bits per heavy atom. The van der Waals surface area contributed by atoms with Crippen LogP contribution in [0.5, 0.6) is 0 Å². The highest BCUT2D eigenvalue weighted by Crippen LogP contribution is 2.50. The molecule has 5 nitrogen and oxygen atoms in total. The van der Waals surface area contributed by atoms with Crippen LogP contribution in [0.4, 0.5) is 17.1 Å². The molecule has 0 unspecified atom stereocenters. The van der Waals surface area contributed by atoms with Crippen molar-refractivity contribution >= 4 is 57.7 Å². The fourth-order valence-electron chi connectivity index (χ4n) is 4.24. The molecule has 0 bridgehead atoms. The van der Waals surface area contributed by atoms with Gasteiger partial charge in [0.2, 0.25) is 11.8 Å². The van der Waals surface area contributed by atoms with E-state index in [1.54, 1.807) is 0 Å². The number of benzene rings is 3. The van der Waals surface area contributed by atoms with Crippen molar-refractivity contribution in [1.29, 1.82) is 0 Å². The van der Waals surface area contributed by atoms with Crippen LogP contribution >= 0.6 is 23.8 Å². The number of amides is 2. The van der Waals surface area contributed by atoms with Gasteiger partial charge in [0.1, 0.15) is 0 Å². The van der Waals surface area contributed by atoms with Crippen molar-refractivity contribution in [2.75, 3.05) is 16.0 Å². The van der Waals surface area contributed by atoms with E-state index >= 15 is 0 Å². The second-order valence-electron chi connectivity index (χ2n) is 7.82. The summed E-state index contributed by atoms with van der Waals surface area (Å²) in [6.45, 7) is 4.92. The van der Waals surface area contributed by atoms with Crippen LogP contribution in [0.1, 0.15) is 36.1 Å². The Kier molecular flexibility index (Phi) is 5.75. The Hall–Kier alpha value is -3.22. The number of carbonyl (C=O) groups is 2. The summed E-state index contributed by atoms with van der Waals surface area (Å²) in [5, 5.41) is 9.66. The van der Waals surface area contributed by atoms with Crippen LogP contribution in [0.2, 0.25) is 5.02 Å². The fourth-order valence-corrected chi connectivity index (χ4v) is 4.85. The minimum atomic E-state index is -0.747. The molecule has 162 valence electrons. The van der Waals surface area contributed by atoms with E-state index < -0.39 is 5.41 Å². The van der Waals surface area contributed by atoms with Gasteiger partial charge in [-0.2, -0.15) is 0 Å². The molecule has 0 aromatic heterocycles. The van der Waals surface area contributed by atoms with Gasteiger partial charge in [0.05, 0.1) is 10.4 Å². The van der Waals surface area contributed by atoms with E-state index in [4.69, 9.17) is 23.8 Å². The highest BCUT2D eigenvalue weighted by Gasteiger charge is 2.47. The molecule has 3 aromatic rings. The molecule has 0 aliphatic carbocycles. The lowest BCUT2D eigenvalue weighted by molar-refractivity contribution is -0.115. The van der Waals surface area contributed by atoms with E-state index in [2.05, 4.69) is 16.0 Å². The third-order valence-corrected chi connectivity index (χ3v) is 6.48. The molecule has 32 heavy (non-hydrogen) atoms. The number of hydrogen-bond donors (Lipinski definition) is 3. The van der Waals surface area contributed by atoms with E-state index in [0.717, 1.165) is 27.9 Å². The summed E-state index contributed by atoms with van der Waals surface area (Å²) in [6.07, 6.45) is 0. The van der Waals surface area contributed by atoms with Gasteiger partial charge in [0.15, 0.2) is 0 Å². The molecule has 1 aliphatic heterocycles. The van der Waals surface area contributed by atoms with Crippen LogP contribution in [0.25, 0.3) is 0 Å². The number of thiocarbonyl (C=S) groups is 1. The smallest absolute Gasteiger partial charge is 0.221 e. The van der Waals surface area contributed by atoms with Crippen LogP contribution in [0.15, 0.2) is 60.7 Å². The van der Waals surface area contributed by atoms with Gasteiger partial charge >= 0.3 is 0 Å². The molecule has 3 N–H and O–H groups in total. The monoisotopic (exact) mass is 463 g/mol. The van der Waals surface area contributed by atoms with E-state index in [9.17, 15) is 9.59 Å². The summed E-state index contributed by atoms with van der Waals surface area (Å²) >= 11 is 12.3. The zero-order valence-corrected chi connectivity index (χ0v) is 19.4. The first-order valence-electron chi connectivity index (χ1n) is 10.1. The maximum absolute atomic E-state index is 11.4. The van der Waals surface area contributed by atoms with Crippen LogP contribution < -0.4 is 16.0 Å². The van der Waals surface area contributed by atoms with Crippen molar-refractivity contribution < 1.29 is 9.59 Å². The molecule has 0 saturated carbocycles. The van der Waals surface area contributed by atoms with Crippen LogP contribution in [0.3, 0.4) is 0 Å². The predicted octanol–water partition coefficient (Wildman–Crippen LogP) is 5.65. The quantitative estimate of drug-likeness (QED) is 0.437. The Balaban J connectivity index is 1.93. The molecular weight excluding hydrogens is 442 g/mol. The van der Waals surface area contributed by atoms with Gasteiger partial charge in [0.25, 0.3) is 0 Å². The predicted molar refractivity (Wildman–Crippen MR) is 134 cm³/mol. The first-order valence-corrected chi connectivity index (χ1v) is 10.9. The molecule has 0 radical (unpaired) electrons. The standard InChI is InChI=1S/C25H22ClN3O2S/c1-14-22(26)13-12-21-23(14)29-24(32)25(21,17-4-8-19(9-5-17)27-15(2)30)18-6-10-20(11-7-18)28-16(3)31/h4-13H,1-3H3,(H,27,30)(H,28,31)(H,29,32). The first kappa shape index (κ1) is 22.0. The topological polar surface area (TPSA) is 70.2 Å². The zero-order chi connectivity index (χ0) is 23.0. The Labute approximate surface area is 197 Å². The lowest BCUT2D eigenvalue weighted by Crippen LogP contribution is -2.35. The summed E-state index contributed by atoms with van der Waals surface area (Å²) in [5.41, 5.74) is 5.42. The number of rotatable bonds is 4. The molecule has 0 fully saturated rings. The van der Waals surface area contributed by atoms with Gasteiger partial charge < -0.3 is 16.0 Å². The van der Waals surface area contributed by atoms with Crippen molar-refractivity contribution in [1.82, 2.24) is 0 Å². The molecule has 0 saturated heterocycles. The maximum Gasteiger partial charge on any atom is 0.221 e. The lowest BCUT2D eigenvalue weighted by atomic mass is 9.70. The summed E-state index contributed by atoms with van der Waals surface area (Å²) in [4.78, 5) is 23.5. The van der Waals surface area contributed by atoms with Gasteiger partial charge in [-0.3, -0.25) is 9.59 Å². The SMILES string of the molecule is CC(=O)Nc1ccc(C2(c3ccc(NC(C)=O)cc3)C(=S)Nc3c2ccc(Cl)c3C)cc1. The maximum atomic E-state index is 11.4. The lowest BCUT2D eigenvalue weighted by Gasteiger charge is -2.31. The number of anilines is 3. The highest BCUT2D eigenvalue weighted by molar-refractivity contribution is 7.80. The van der Waals surface area contributed by atoms with Crippen molar-refractivity contribution in [3.63, 3.8) is 0 Å². The van der Waals surface area contributed by atoms with Crippen molar-refractivity contribution in [2.24, 2.45) is 0 Å². The molecule has 1 heterocycles. The van der Waals surface area contributed by atoms with E-state index in [1.807, 2.05) is 67.6 Å². The van der Waals surface area contributed by atoms with Gasteiger partial charge in [-0.15, -0.1) is 0 Å². The fraction of sp³-hybridized carbons (Fsp3) is 0.160. The van der Waals surface area contributed by atoms with Crippen molar-refractivity contribution in [3.8, 4) is 0 Å². The number of carbonyl (C=O) groups excluding carboxylic acids is 2. The molecule has 7 heteroatoms. The van der Waals surface area contributed by atoms with Crippen molar-refractivity contribution in [3.05, 3.63) is 87.9 Å². The Morgan fingerprint density at radius 2 is 1.31 bits per heavy atom. The minimum Gasteiger partial charge on any atom is -0.348 e. The summed E-state index contributed by atoms with van der Waals surface area (Å²) in [5.74, 6) is -0.260. The van der Waals surface area contributed by atoms with E-state index in [1.165, 1.54) is 13.8 Å². The number of fused-ring (bicyclic) bond motifs is 1. The van der Waals surface area contributed by atoms with Crippen LogP contribution in [0, 0.1) is 6.92 Å². The number of nitrogens with one attached hydrogen (secondary N) is 3. The summed E-state index contributed by atoms with van der Waals surface area (Å²) in [6, 6.07) is 19.3. The first-order chi connectivity index (χ1) is 15.2. The Bertz CT molecular complexity index is 1180. The minimum absolute atomic E-state index is 0.130. The molecule has 4 rings (SSSR count). The van der Waals surface area contributed by atoms with Gasteiger partial charge in [-0.25, -0.2) is 0 Å². The van der Waals surface area contributed by atoms with E-state index in [-0.39, 0.29) is 11.8 Å².